The SMILES string of the molecule is CC(C)CC(N)COc1ccc(-c2ccnc(NC(=O)O)c2)cc1-c1ccno1. The highest BCUT2D eigenvalue weighted by atomic mass is 16.5. The van der Waals surface area contributed by atoms with Gasteiger partial charge in [0.05, 0.1) is 11.8 Å². The number of pyridine rings is 1. The predicted octanol–water partition coefficient (Wildman–Crippen LogP) is 4.25. The lowest BCUT2D eigenvalue weighted by molar-refractivity contribution is 0.209. The number of ether oxygens (including phenoxy) is 1. The fourth-order valence-electron chi connectivity index (χ4n) is 3.04. The van der Waals surface area contributed by atoms with Gasteiger partial charge in [0, 0.05) is 18.3 Å². The molecule has 0 fully saturated rings. The van der Waals surface area contributed by atoms with E-state index >= 15 is 0 Å². The van der Waals surface area contributed by atoms with Crippen LogP contribution in [0.3, 0.4) is 0 Å². The predicted molar refractivity (Wildman–Crippen MR) is 110 cm³/mol. The van der Waals surface area contributed by atoms with Crippen molar-refractivity contribution in [2.45, 2.75) is 26.3 Å². The minimum Gasteiger partial charge on any atom is -0.491 e. The fraction of sp³-hybridized carbons (Fsp3) is 0.286. The average Bonchev–Trinajstić information content (AvgIpc) is 3.20. The van der Waals surface area contributed by atoms with E-state index in [1.807, 2.05) is 18.2 Å². The Morgan fingerprint density at radius 2 is 2.00 bits per heavy atom. The van der Waals surface area contributed by atoms with Gasteiger partial charge in [-0.3, -0.25) is 5.32 Å². The fourth-order valence-corrected chi connectivity index (χ4v) is 3.04. The van der Waals surface area contributed by atoms with Crippen LogP contribution in [0.1, 0.15) is 20.3 Å². The van der Waals surface area contributed by atoms with E-state index < -0.39 is 6.09 Å². The Morgan fingerprint density at radius 1 is 1.21 bits per heavy atom. The number of rotatable bonds is 8. The molecule has 0 saturated carbocycles. The van der Waals surface area contributed by atoms with Crippen LogP contribution in [0.15, 0.2) is 53.3 Å². The van der Waals surface area contributed by atoms with Crippen molar-refractivity contribution in [2.24, 2.45) is 11.7 Å². The Kier molecular flexibility index (Phi) is 6.46. The average molecular weight is 396 g/mol. The summed E-state index contributed by atoms with van der Waals surface area (Å²) in [5, 5.41) is 14.9. The lowest BCUT2D eigenvalue weighted by Crippen LogP contribution is -2.29. The number of nitrogens with two attached hydrogens (primary N) is 1. The summed E-state index contributed by atoms with van der Waals surface area (Å²) in [6.45, 7) is 4.63. The van der Waals surface area contributed by atoms with E-state index in [1.165, 1.54) is 0 Å². The van der Waals surface area contributed by atoms with Crippen molar-refractivity contribution in [3.8, 4) is 28.2 Å². The Morgan fingerprint density at radius 3 is 2.69 bits per heavy atom. The van der Waals surface area contributed by atoms with Gasteiger partial charge in [0.25, 0.3) is 0 Å². The second-order valence-corrected chi connectivity index (χ2v) is 7.15. The Bertz CT molecular complexity index is 957. The summed E-state index contributed by atoms with van der Waals surface area (Å²) >= 11 is 0. The molecule has 1 atom stereocenters. The van der Waals surface area contributed by atoms with Crippen LogP contribution in [0.5, 0.6) is 5.75 Å². The number of aromatic nitrogens is 2. The molecular formula is C21H24N4O4. The molecule has 0 spiro atoms. The maximum Gasteiger partial charge on any atom is 0.410 e. The molecule has 0 aliphatic carbocycles. The third-order valence-corrected chi connectivity index (χ3v) is 4.24. The second-order valence-electron chi connectivity index (χ2n) is 7.15. The summed E-state index contributed by atoms with van der Waals surface area (Å²) in [6.07, 6.45) is 2.81. The van der Waals surface area contributed by atoms with E-state index in [4.69, 9.17) is 20.1 Å². The highest BCUT2D eigenvalue weighted by molar-refractivity contribution is 5.83. The van der Waals surface area contributed by atoms with Crippen LogP contribution in [0.25, 0.3) is 22.5 Å². The van der Waals surface area contributed by atoms with E-state index in [1.54, 1.807) is 30.6 Å². The van der Waals surface area contributed by atoms with Gasteiger partial charge in [0.1, 0.15) is 18.2 Å². The third-order valence-electron chi connectivity index (χ3n) is 4.24. The van der Waals surface area contributed by atoms with Crippen molar-refractivity contribution in [3.63, 3.8) is 0 Å². The molecular weight excluding hydrogens is 372 g/mol. The number of carbonyl (C=O) groups is 1. The highest BCUT2D eigenvalue weighted by Crippen LogP contribution is 2.35. The molecule has 1 amide bonds. The molecule has 1 aromatic carbocycles. The largest absolute Gasteiger partial charge is 0.491 e. The number of hydrogen-bond donors (Lipinski definition) is 3. The molecule has 0 aliphatic heterocycles. The van der Waals surface area contributed by atoms with Gasteiger partial charge < -0.3 is 20.1 Å². The summed E-state index contributed by atoms with van der Waals surface area (Å²) in [6, 6.07) is 10.8. The van der Waals surface area contributed by atoms with E-state index in [-0.39, 0.29) is 11.9 Å². The number of anilines is 1. The number of nitrogens with one attached hydrogen (secondary N) is 1. The highest BCUT2D eigenvalue weighted by Gasteiger charge is 2.14. The van der Waals surface area contributed by atoms with Crippen LogP contribution in [-0.2, 0) is 0 Å². The van der Waals surface area contributed by atoms with E-state index in [2.05, 4.69) is 29.3 Å². The molecule has 2 aromatic heterocycles. The number of nitrogens with zero attached hydrogens (tertiary/aromatic N) is 2. The first-order valence-corrected chi connectivity index (χ1v) is 9.32. The van der Waals surface area contributed by atoms with Crippen molar-refractivity contribution in [1.29, 1.82) is 0 Å². The first kappa shape index (κ1) is 20.3. The topological polar surface area (TPSA) is 124 Å². The maximum atomic E-state index is 10.9. The quantitative estimate of drug-likeness (QED) is 0.520. The first-order valence-electron chi connectivity index (χ1n) is 9.32. The molecule has 0 radical (unpaired) electrons. The molecule has 3 aromatic rings. The van der Waals surface area contributed by atoms with E-state index in [0.29, 0.717) is 24.0 Å². The van der Waals surface area contributed by atoms with E-state index in [0.717, 1.165) is 23.1 Å². The molecule has 0 aliphatic rings. The molecule has 152 valence electrons. The molecule has 2 heterocycles. The van der Waals surface area contributed by atoms with Gasteiger partial charge in [-0.15, -0.1) is 0 Å². The van der Waals surface area contributed by atoms with Crippen LogP contribution < -0.4 is 15.8 Å². The second kappa shape index (κ2) is 9.20. The third kappa shape index (κ3) is 5.55. The minimum atomic E-state index is -1.17. The molecule has 8 heteroatoms. The minimum absolute atomic E-state index is 0.0675. The Balaban J connectivity index is 1.90. The zero-order chi connectivity index (χ0) is 20.8. The summed E-state index contributed by atoms with van der Waals surface area (Å²) in [7, 11) is 0. The Hall–Kier alpha value is -3.39. The maximum absolute atomic E-state index is 10.9. The molecule has 0 bridgehead atoms. The van der Waals surface area contributed by atoms with Gasteiger partial charge in [-0.05, 0) is 47.7 Å². The first-order chi connectivity index (χ1) is 13.9. The van der Waals surface area contributed by atoms with Crippen molar-refractivity contribution >= 4 is 11.9 Å². The number of hydrogen-bond acceptors (Lipinski definition) is 6. The molecule has 8 nitrogen and oxygen atoms in total. The number of benzene rings is 1. The zero-order valence-corrected chi connectivity index (χ0v) is 16.3. The number of amides is 1. The molecule has 29 heavy (non-hydrogen) atoms. The Labute approximate surface area is 168 Å². The van der Waals surface area contributed by atoms with Crippen LogP contribution in [-0.4, -0.2) is 34.0 Å². The molecule has 3 rings (SSSR count). The van der Waals surface area contributed by atoms with Crippen LogP contribution >= 0.6 is 0 Å². The normalized spacial score (nSPS) is 12.0. The number of carboxylic acid groups (broad SMARTS) is 1. The van der Waals surface area contributed by atoms with Crippen molar-refractivity contribution in [1.82, 2.24) is 10.1 Å². The zero-order valence-electron chi connectivity index (χ0n) is 16.3. The van der Waals surface area contributed by atoms with E-state index in [9.17, 15) is 4.79 Å². The lowest BCUT2D eigenvalue weighted by atomic mass is 10.0. The molecule has 1 unspecified atom stereocenters. The summed E-state index contributed by atoms with van der Waals surface area (Å²) in [5.41, 5.74) is 8.53. The van der Waals surface area contributed by atoms with Crippen molar-refractivity contribution in [3.05, 3.63) is 48.8 Å². The van der Waals surface area contributed by atoms with Gasteiger partial charge in [-0.1, -0.05) is 25.1 Å². The summed E-state index contributed by atoms with van der Waals surface area (Å²) in [4.78, 5) is 14.9. The van der Waals surface area contributed by atoms with Gasteiger partial charge in [0.15, 0.2) is 5.76 Å². The van der Waals surface area contributed by atoms with Gasteiger partial charge in [-0.2, -0.15) is 0 Å². The smallest absolute Gasteiger partial charge is 0.410 e. The van der Waals surface area contributed by atoms with Gasteiger partial charge in [0.2, 0.25) is 0 Å². The van der Waals surface area contributed by atoms with Crippen LogP contribution in [0.2, 0.25) is 0 Å². The van der Waals surface area contributed by atoms with Gasteiger partial charge >= 0.3 is 6.09 Å². The lowest BCUT2D eigenvalue weighted by Gasteiger charge is -2.17. The van der Waals surface area contributed by atoms with Crippen molar-refractivity contribution < 1.29 is 19.2 Å². The molecule has 0 saturated heterocycles. The standard InChI is InChI=1S/C21H24N4O4/c1-13(2)9-16(22)12-28-18-4-3-14(10-17(18)19-6-8-24-29-19)15-5-7-23-20(11-15)25-21(26)27/h3-8,10-11,13,16H,9,12,22H2,1-2H3,(H,23,25)(H,26,27). The summed E-state index contributed by atoms with van der Waals surface area (Å²) in [5.74, 6) is 1.95. The monoisotopic (exact) mass is 396 g/mol. The van der Waals surface area contributed by atoms with Crippen LogP contribution in [0, 0.1) is 5.92 Å². The van der Waals surface area contributed by atoms with Crippen molar-refractivity contribution in [2.75, 3.05) is 11.9 Å². The van der Waals surface area contributed by atoms with Crippen LogP contribution in [0.4, 0.5) is 10.6 Å². The summed E-state index contributed by atoms with van der Waals surface area (Å²) < 4.78 is 11.3. The van der Waals surface area contributed by atoms with Gasteiger partial charge in [-0.25, -0.2) is 9.78 Å². The molecule has 4 N–H and O–H groups in total.